The van der Waals surface area contributed by atoms with Gasteiger partial charge in [0.25, 0.3) is 0 Å². The number of methoxy groups -OCH3 is 2. The minimum Gasteiger partial charge on any atom is -0.493 e. The zero-order valence-electron chi connectivity index (χ0n) is 18.8. The second-order valence-electron chi connectivity index (χ2n) is 8.11. The van der Waals surface area contributed by atoms with Gasteiger partial charge in [-0.1, -0.05) is 32.0 Å². The molecular formula is C25H32N2O4. The van der Waals surface area contributed by atoms with Crippen molar-refractivity contribution < 1.29 is 18.9 Å². The highest BCUT2D eigenvalue weighted by atomic mass is 16.6. The van der Waals surface area contributed by atoms with Gasteiger partial charge in [0, 0.05) is 6.54 Å². The SMILES string of the molecule is COc1ccc([C@@](C#N)(CCCNC[C@@H]2COc3ccccc3O2)C(C)C)cc1OC. The molecule has 0 bridgehead atoms. The van der Waals surface area contributed by atoms with Gasteiger partial charge in [-0.15, -0.1) is 0 Å². The van der Waals surface area contributed by atoms with Crippen molar-refractivity contribution in [3.05, 3.63) is 48.0 Å². The third kappa shape index (κ3) is 5.05. The van der Waals surface area contributed by atoms with Crippen LogP contribution in [0.3, 0.4) is 0 Å². The minimum atomic E-state index is -0.593. The van der Waals surface area contributed by atoms with E-state index in [1.54, 1.807) is 14.2 Å². The Morgan fingerprint density at radius 2 is 1.87 bits per heavy atom. The molecule has 2 atom stereocenters. The minimum absolute atomic E-state index is 0.0217. The van der Waals surface area contributed by atoms with Crippen molar-refractivity contribution in [2.75, 3.05) is 33.9 Å². The largest absolute Gasteiger partial charge is 0.493 e. The molecule has 3 rings (SSSR count). The molecule has 0 aromatic heterocycles. The van der Waals surface area contributed by atoms with Crippen LogP contribution in [0.15, 0.2) is 42.5 Å². The highest BCUT2D eigenvalue weighted by Crippen LogP contribution is 2.40. The molecule has 0 unspecified atom stereocenters. The Morgan fingerprint density at radius 1 is 1.13 bits per heavy atom. The number of benzene rings is 2. The standard InChI is InChI=1S/C25H32N2O4/c1-18(2)25(17-26,19-10-11-21(28-3)24(14-19)29-4)12-7-13-27-15-20-16-30-22-8-5-6-9-23(22)31-20/h5-6,8-11,14,18,20,27H,7,12-13,15-16H2,1-4H3/t20-,25-/m1/s1. The van der Waals surface area contributed by atoms with Crippen LogP contribution < -0.4 is 24.3 Å². The fraction of sp³-hybridized carbons (Fsp3) is 0.480. The predicted octanol–water partition coefficient (Wildman–Crippen LogP) is 4.33. The first-order valence-electron chi connectivity index (χ1n) is 10.8. The van der Waals surface area contributed by atoms with Crippen LogP contribution in [0.2, 0.25) is 0 Å². The number of rotatable bonds is 10. The van der Waals surface area contributed by atoms with E-state index in [0.29, 0.717) is 24.7 Å². The summed E-state index contributed by atoms with van der Waals surface area (Å²) in [4.78, 5) is 0. The van der Waals surface area contributed by atoms with Crippen LogP contribution in [0.4, 0.5) is 0 Å². The van der Waals surface area contributed by atoms with E-state index in [2.05, 4.69) is 25.2 Å². The Kier molecular flexibility index (Phi) is 7.64. The molecule has 0 amide bonds. The zero-order valence-corrected chi connectivity index (χ0v) is 18.8. The highest BCUT2D eigenvalue weighted by Gasteiger charge is 2.36. The van der Waals surface area contributed by atoms with Crippen molar-refractivity contribution in [2.24, 2.45) is 5.92 Å². The predicted molar refractivity (Wildman–Crippen MR) is 120 cm³/mol. The van der Waals surface area contributed by atoms with Crippen LogP contribution in [-0.2, 0) is 5.41 Å². The van der Waals surface area contributed by atoms with Crippen LogP contribution >= 0.6 is 0 Å². The van der Waals surface area contributed by atoms with E-state index in [1.165, 1.54) is 0 Å². The van der Waals surface area contributed by atoms with E-state index in [0.717, 1.165) is 36.4 Å². The van der Waals surface area contributed by atoms with Crippen molar-refractivity contribution in [3.63, 3.8) is 0 Å². The first kappa shape index (κ1) is 22.8. The summed E-state index contributed by atoms with van der Waals surface area (Å²) in [7, 11) is 3.23. The lowest BCUT2D eigenvalue weighted by Crippen LogP contribution is -2.39. The molecule has 0 aliphatic carbocycles. The summed E-state index contributed by atoms with van der Waals surface area (Å²) in [5, 5.41) is 13.6. The molecule has 1 N–H and O–H groups in total. The number of nitrogens with one attached hydrogen (secondary N) is 1. The van der Waals surface area contributed by atoms with Gasteiger partial charge >= 0.3 is 0 Å². The van der Waals surface area contributed by atoms with Gasteiger partial charge in [-0.3, -0.25) is 0 Å². The molecule has 0 saturated heterocycles. The maximum absolute atomic E-state index is 10.2. The van der Waals surface area contributed by atoms with Crippen LogP contribution in [-0.4, -0.2) is 40.0 Å². The van der Waals surface area contributed by atoms with Crippen LogP contribution in [0.25, 0.3) is 0 Å². The third-order valence-corrected chi connectivity index (χ3v) is 5.95. The number of hydrogen-bond acceptors (Lipinski definition) is 6. The number of ether oxygens (including phenoxy) is 4. The Balaban J connectivity index is 1.57. The van der Waals surface area contributed by atoms with Crippen molar-refractivity contribution >= 4 is 0 Å². The van der Waals surface area contributed by atoms with Gasteiger partial charge in [0.2, 0.25) is 0 Å². The van der Waals surface area contributed by atoms with E-state index in [1.807, 2.05) is 42.5 Å². The number of hydrogen-bond donors (Lipinski definition) is 1. The maximum atomic E-state index is 10.2. The average Bonchev–Trinajstić information content (AvgIpc) is 2.80. The quantitative estimate of drug-likeness (QED) is 0.573. The number of nitrogens with zero attached hydrogens (tertiary/aromatic N) is 1. The second-order valence-corrected chi connectivity index (χ2v) is 8.11. The molecule has 1 aliphatic heterocycles. The normalized spacial score (nSPS) is 17.0. The molecule has 6 heteroatoms. The van der Waals surface area contributed by atoms with E-state index in [4.69, 9.17) is 18.9 Å². The summed E-state index contributed by atoms with van der Waals surface area (Å²) < 4.78 is 22.6. The number of fused-ring (bicyclic) bond motifs is 1. The lowest BCUT2D eigenvalue weighted by Gasteiger charge is -2.32. The lowest BCUT2D eigenvalue weighted by atomic mass is 9.70. The highest BCUT2D eigenvalue weighted by molar-refractivity contribution is 5.47. The molecule has 2 aromatic rings. The summed E-state index contributed by atoms with van der Waals surface area (Å²) in [5.41, 5.74) is 0.369. The van der Waals surface area contributed by atoms with Crippen molar-refractivity contribution in [3.8, 4) is 29.1 Å². The summed E-state index contributed by atoms with van der Waals surface area (Å²) >= 11 is 0. The summed E-state index contributed by atoms with van der Waals surface area (Å²) in [6.07, 6.45) is 1.59. The fourth-order valence-electron chi connectivity index (χ4n) is 4.05. The summed E-state index contributed by atoms with van der Waals surface area (Å²) in [6, 6.07) is 16.1. The second kappa shape index (κ2) is 10.4. The van der Waals surface area contributed by atoms with Gasteiger partial charge in [0.15, 0.2) is 23.0 Å². The number of nitriles is 1. The Morgan fingerprint density at radius 3 is 2.55 bits per heavy atom. The van der Waals surface area contributed by atoms with E-state index in [-0.39, 0.29) is 12.0 Å². The van der Waals surface area contributed by atoms with E-state index < -0.39 is 5.41 Å². The fourth-order valence-corrected chi connectivity index (χ4v) is 4.05. The Labute approximate surface area is 185 Å². The van der Waals surface area contributed by atoms with Gasteiger partial charge in [-0.2, -0.15) is 5.26 Å². The molecular weight excluding hydrogens is 392 g/mol. The van der Waals surface area contributed by atoms with E-state index >= 15 is 0 Å². The van der Waals surface area contributed by atoms with Crippen molar-refractivity contribution in [1.82, 2.24) is 5.32 Å². The van der Waals surface area contributed by atoms with Gasteiger partial charge in [-0.25, -0.2) is 0 Å². The molecule has 0 saturated carbocycles. The molecule has 2 aromatic carbocycles. The van der Waals surface area contributed by atoms with Crippen molar-refractivity contribution in [2.45, 2.75) is 38.2 Å². The maximum Gasteiger partial charge on any atom is 0.161 e. The smallest absolute Gasteiger partial charge is 0.161 e. The summed E-state index contributed by atoms with van der Waals surface area (Å²) in [6.45, 7) is 6.22. The van der Waals surface area contributed by atoms with E-state index in [9.17, 15) is 5.26 Å². The van der Waals surface area contributed by atoms with Gasteiger partial charge in [0.05, 0.1) is 25.7 Å². The summed E-state index contributed by atoms with van der Waals surface area (Å²) in [5.74, 6) is 3.05. The third-order valence-electron chi connectivity index (χ3n) is 5.95. The number of para-hydroxylation sites is 2. The van der Waals surface area contributed by atoms with Gasteiger partial charge in [-0.05, 0) is 55.1 Å². The van der Waals surface area contributed by atoms with Crippen molar-refractivity contribution in [1.29, 1.82) is 5.26 Å². The van der Waals surface area contributed by atoms with Gasteiger partial charge in [0.1, 0.15) is 12.7 Å². The first-order chi connectivity index (χ1) is 15.0. The molecule has 1 heterocycles. The van der Waals surface area contributed by atoms with Gasteiger partial charge < -0.3 is 24.3 Å². The molecule has 0 spiro atoms. The molecule has 166 valence electrons. The molecule has 0 radical (unpaired) electrons. The first-order valence-corrected chi connectivity index (χ1v) is 10.8. The monoisotopic (exact) mass is 424 g/mol. The average molecular weight is 425 g/mol. The molecule has 0 fully saturated rings. The lowest BCUT2D eigenvalue weighted by molar-refractivity contribution is 0.0904. The Bertz CT molecular complexity index is 909. The van der Waals surface area contributed by atoms with Crippen LogP contribution in [0, 0.1) is 17.2 Å². The topological polar surface area (TPSA) is 72.7 Å². The van der Waals surface area contributed by atoms with Crippen LogP contribution in [0.5, 0.6) is 23.0 Å². The zero-order chi connectivity index (χ0) is 22.3. The Hall–Kier alpha value is -2.91. The van der Waals surface area contributed by atoms with Crippen LogP contribution in [0.1, 0.15) is 32.3 Å². The molecule has 31 heavy (non-hydrogen) atoms. The molecule has 6 nitrogen and oxygen atoms in total. The molecule has 1 aliphatic rings.